The van der Waals surface area contributed by atoms with Gasteiger partial charge in [-0.1, -0.05) is 0 Å². The van der Waals surface area contributed by atoms with Gasteiger partial charge in [0.15, 0.2) is 59.1 Å². The molecule has 0 radical (unpaired) electrons. The van der Waals surface area contributed by atoms with E-state index in [4.69, 9.17) is 0 Å². The first-order valence-corrected chi connectivity index (χ1v) is 6.77. The van der Waals surface area contributed by atoms with Crippen LogP contribution in [-0.2, 0) is 9.47 Å². The highest BCUT2D eigenvalue weighted by Gasteiger charge is 2.26. The highest BCUT2D eigenvalue weighted by molar-refractivity contribution is 5.75. The molecule has 0 fully saturated rings. The molecule has 0 unspecified atom stereocenters. The topological polar surface area (TPSA) is 35.5 Å². The van der Waals surface area contributed by atoms with E-state index in [1.165, 1.54) is 0 Å². The number of halogens is 8. The molecule has 0 aliphatic heterocycles. The maximum Gasteiger partial charge on any atom is 0.189 e. The number of hydrogen-bond acceptors (Lipinski definition) is 3. The van der Waals surface area contributed by atoms with E-state index in [1.54, 1.807) is 0 Å². The molecule has 2 aromatic rings. The van der Waals surface area contributed by atoms with Gasteiger partial charge in [-0.2, -0.15) is 0 Å². The number of carbonyl (C=O) groups excluding carboxylic acids is 1. The van der Waals surface area contributed by atoms with E-state index in [9.17, 15) is 39.9 Å². The lowest BCUT2D eigenvalue weighted by Crippen LogP contribution is -2.12. The fraction of sp³-hybridized carbons (Fsp3) is 0.188. The van der Waals surface area contributed by atoms with Crippen molar-refractivity contribution in [3.63, 3.8) is 0 Å². The quantitative estimate of drug-likeness (QED) is 0.325. The molecule has 3 nitrogen and oxygen atoms in total. The van der Waals surface area contributed by atoms with Crippen LogP contribution in [0.5, 0.6) is 0 Å². The lowest BCUT2D eigenvalue weighted by atomic mass is 10.1. The van der Waals surface area contributed by atoms with Crippen molar-refractivity contribution in [2.45, 2.75) is 6.29 Å². The Morgan fingerprint density at radius 2 is 1.04 bits per heavy atom. The predicted molar refractivity (Wildman–Crippen MR) is 74.7 cm³/mol. The smallest absolute Gasteiger partial charge is 0.189 e. The summed E-state index contributed by atoms with van der Waals surface area (Å²) in [6, 6.07) is 0.161. The normalized spacial score (nSPS) is 10.6. The van der Waals surface area contributed by atoms with Crippen LogP contribution in [0, 0.1) is 46.5 Å². The maximum absolute atomic E-state index is 13.1. The van der Waals surface area contributed by atoms with Crippen LogP contribution in [0.4, 0.5) is 35.1 Å². The molecular formula is C16H10F8O3. The molecule has 0 spiro atoms. The van der Waals surface area contributed by atoms with Crippen molar-refractivity contribution in [2.75, 3.05) is 14.2 Å². The molecule has 0 atom stereocenters. The first-order valence-electron chi connectivity index (χ1n) is 6.77. The number of ether oxygens (including phenoxy) is 2. The zero-order valence-corrected chi connectivity index (χ0v) is 13.6. The van der Waals surface area contributed by atoms with Gasteiger partial charge >= 0.3 is 0 Å². The van der Waals surface area contributed by atoms with Gasteiger partial charge in [0.05, 0.1) is 11.1 Å². The number of benzene rings is 2. The van der Waals surface area contributed by atoms with Crippen LogP contribution in [0.2, 0.25) is 0 Å². The molecule has 0 aliphatic rings. The van der Waals surface area contributed by atoms with Crippen molar-refractivity contribution >= 4 is 6.29 Å². The number of carbonyl (C=O) groups is 1. The molecule has 0 saturated heterocycles. The van der Waals surface area contributed by atoms with Gasteiger partial charge < -0.3 is 9.47 Å². The molecule has 0 aliphatic carbocycles. The molecule has 27 heavy (non-hydrogen) atoms. The van der Waals surface area contributed by atoms with E-state index in [-0.39, 0.29) is 18.4 Å². The molecule has 0 saturated carbocycles. The van der Waals surface area contributed by atoms with Gasteiger partial charge in [0.1, 0.15) is 0 Å². The van der Waals surface area contributed by atoms with Gasteiger partial charge in [-0.15, -0.1) is 0 Å². The van der Waals surface area contributed by atoms with E-state index in [0.717, 1.165) is 14.2 Å². The summed E-state index contributed by atoms with van der Waals surface area (Å²) in [6.45, 7) is 0. The maximum atomic E-state index is 13.1. The van der Waals surface area contributed by atoms with E-state index >= 15 is 0 Å². The molecule has 0 N–H and O–H groups in total. The third kappa shape index (κ3) is 4.80. The average Bonchev–Trinajstić information content (AvgIpc) is 2.63. The molecule has 11 heteroatoms. The van der Waals surface area contributed by atoms with Crippen molar-refractivity contribution in [1.29, 1.82) is 0 Å². The van der Waals surface area contributed by atoms with Crippen LogP contribution in [0.3, 0.4) is 0 Å². The number of aldehydes is 1. The third-order valence-electron chi connectivity index (χ3n) is 3.07. The zero-order valence-electron chi connectivity index (χ0n) is 13.6. The molecule has 2 aromatic carbocycles. The first-order chi connectivity index (χ1) is 12.6. The Morgan fingerprint density at radius 1 is 0.704 bits per heavy atom. The minimum Gasteiger partial charge on any atom is -0.351 e. The highest BCUT2D eigenvalue weighted by Crippen LogP contribution is 2.27. The molecule has 0 aromatic heterocycles. The van der Waals surface area contributed by atoms with Crippen molar-refractivity contribution in [3.8, 4) is 0 Å². The summed E-state index contributed by atoms with van der Waals surface area (Å²) in [4.78, 5) is 9.94. The summed E-state index contributed by atoms with van der Waals surface area (Å²) in [5.41, 5.74) is -2.15. The number of methoxy groups -OCH3 is 2. The first kappa shape index (κ1) is 22.5. The Kier molecular flexibility index (Phi) is 7.85. The number of rotatable bonds is 4. The van der Waals surface area contributed by atoms with Gasteiger partial charge in [-0.3, -0.25) is 4.79 Å². The van der Waals surface area contributed by atoms with E-state index < -0.39 is 64.0 Å². The SMILES string of the molecule is COC(OC)c1c(F)c(F)cc(F)c1F.O=Cc1c(F)c(F)cc(F)c1F. The zero-order chi connectivity index (χ0) is 20.9. The second-order valence-corrected chi connectivity index (χ2v) is 4.68. The van der Waals surface area contributed by atoms with Crippen molar-refractivity contribution in [3.05, 3.63) is 69.8 Å². The van der Waals surface area contributed by atoms with Crippen LogP contribution in [0.1, 0.15) is 22.2 Å². The molecular weight excluding hydrogens is 392 g/mol. The standard InChI is InChI=1S/C9H8F4O2.C7H2F4O/c1-14-9(15-2)6-7(12)4(10)3-5(11)8(6)13;8-4-1-5(9)7(11)3(2-12)6(4)10/h3,9H,1-2H3;1-2H. The minimum absolute atomic E-state index is 0.0394. The van der Waals surface area contributed by atoms with Crippen LogP contribution in [0.25, 0.3) is 0 Å². The molecule has 2 rings (SSSR count). The Labute approximate surface area is 147 Å². The minimum atomic E-state index is -1.68. The third-order valence-corrected chi connectivity index (χ3v) is 3.07. The summed E-state index contributed by atoms with van der Waals surface area (Å²) in [5.74, 6) is -12.6. The molecule has 0 amide bonds. The summed E-state index contributed by atoms with van der Waals surface area (Å²) in [6.07, 6.45) is -1.77. The highest BCUT2D eigenvalue weighted by atomic mass is 19.2. The van der Waals surface area contributed by atoms with Gasteiger partial charge in [0.25, 0.3) is 0 Å². The number of hydrogen-bond donors (Lipinski definition) is 0. The lowest BCUT2D eigenvalue weighted by molar-refractivity contribution is -0.110. The van der Waals surface area contributed by atoms with Crippen molar-refractivity contribution < 1.29 is 49.4 Å². The van der Waals surface area contributed by atoms with Crippen molar-refractivity contribution in [1.82, 2.24) is 0 Å². The molecule has 148 valence electrons. The monoisotopic (exact) mass is 402 g/mol. The Hall–Kier alpha value is -2.53. The lowest BCUT2D eigenvalue weighted by Gasteiger charge is -2.15. The van der Waals surface area contributed by atoms with Crippen LogP contribution in [0.15, 0.2) is 12.1 Å². The van der Waals surface area contributed by atoms with Gasteiger partial charge in [0.2, 0.25) is 0 Å². The fourth-order valence-electron chi connectivity index (χ4n) is 1.83. The van der Waals surface area contributed by atoms with Gasteiger partial charge in [-0.05, 0) is 0 Å². The second-order valence-electron chi connectivity index (χ2n) is 4.68. The average molecular weight is 402 g/mol. The van der Waals surface area contributed by atoms with E-state index in [0.29, 0.717) is 0 Å². The summed E-state index contributed by atoms with van der Waals surface area (Å²) < 4.78 is 110. The second kappa shape index (κ2) is 9.42. The fourth-order valence-corrected chi connectivity index (χ4v) is 1.83. The Balaban J connectivity index is 0.000000277. The molecule has 0 bridgehead atoms. The summed E-state index contributed by atoms with van der Waals surface area (Å²) >= 11 is 0. The van der Waals surface area contributed by atoms with E-state index in [1.807, 2.05) is 0 Å². The van der Waals surface area contributed by atoms with Crippen molar-refractivity contribution in [2.24, 2.45) is 0 Å². The predicted octanol–water partition coefficient (Wildman–Crippen LogP) is 4.59. The summed E-state index contributed by atoms with van der Waals surface area (Å²) in [5, 5.41) is 0. The van der Waals surface area contributed by atoms with Crippen LogP contribution in [-0.4, -0.2) is 20.5 Å². The molecule has 0 heterocycles. The van der Waals surface area contributed by atoms with Gasteiger partial charge in [0, 0.05) is 26.4 Å². The summed E-state index contributed by atoms with van der Waals surface area (Å²) in [7, 11) is 2.19. The van der Waals surface area contributed by atoms with E-state index in [2.05, 4.69) is 9.47 Å². The Bertz CT molecular complexity index is 785. The van der Waals surface area contributed by atoms with Gasteiger partial charge in [-0.25, -0.2) is 35.1 Å². The Morgan fingerprint density at radius 3 is 1.33 bits per heavy atom. The van der Waals surface area contributed by atoms with Crippen LogP contribution < -0.4 is 0 Å². The largest absolute Gasteiger partial charge is 0.351 e. The van der Waals surface area contributed by atoms with Crippen LogP contribution >= 0.6 is 0 Å².